The Morgan fingerprint density at radius 3 is 2.41 bits per heavy atom. The van der Waals surface area contributed by atoms with E-state index in [1.54, 1.807) is 30.5 Å². The van der Waals surface area contributed by atoms with Crippen LogP contribution in [-0.4, -0.2) is 45.9 Å². The molecule has 4 rings (SSSR count). The molecule has 1 fully saturated rings. The van der Waals surface area contributed by atoms with E-state index in [9.17, 15) is 26.0 Å². The molecule has 0 N–H and O–H groups in total. The van der Waals surface area contributed by atoms with Crippen LogP contribution in [0.15, 0.2) is 42.6 Å². The zero-order chi connectivity index (χ0) is 20.8. The van der Waals surface area contributed by atoms with E-state index >= 15 is 0 Å². The van der Waals surface area contributed by atoms with E-state index < -0.39 is 15.5 Å². The third-order valence-corrected chi connectivity index (χ3v) is 6.59. The molecule has 0 bridgehead atoms. The fourth-order valence-electron chi connectivity index (χ4n) is 3.41. The number of halogens is 4. The first-order valence-electron chi connectivity index (χ1n) is 8.84. The molecule has 0 amide bonds. The molecule has 1 aliphatic rings. The molecule has 0 atom stereocenters. The monoisotopic (exact) mass is 428 g/mol. The molecule has 154 valence electrons. The minimum atomic E-state index is -5.31. The number of fused-ring (bicyclic) bond motifs is 1. The van der Waals surface area contributed by atoms with E-state index in [2.05, 4.69) is 10.1 Å². The number of benzene rings is 1. The van der Waals surface area contributed by atoms with Gasteiger partial charge in [0, 0.05) is 30.8 Å². The number of aromatic nitrogens is 3. The van der Waals surface area contributed by atoms with Crippen LogP contribution in [0.1, 0.15) is 24.6 Å². The number of sulfonamides is 1. The van der Waals surface area contributed by atoms with Crippen molar-refractivity contribution in [2.75, 3.05) is 13.1 Å². The van der Waals surface area contributed by atoms with Crippen molar-refractivity contribution in [2.45, 2.75) is 24.3 Å². The third kappa shape index (κ3) is 3.71. The van der Waals surface area contributed by atoms with Gasteiger partial charge in [-0.15, -0.1) is 0 Å². The van der Waals surface area contributed by atoms with Gasteiger partial charge in [-0.2, -0.15) is 22.6 Å². The summed E-state index contributed by atoms with van der Waals surface area (Å²) < 4.78 is 76.6. The van der Waals surface area contributed by atoms with Crippen LogP contribution in [0.2, 0.25) is 0 Å². The second-order valence-corrected chi connectivity index (χ2v) is 8.75. The van der Waals surface area contributed by atoms with Gasteiger partial charge in [0.1, 0.15) is 5.82 Å². The third-order valence-electron chi connectivity index (χ3n) is 4.96. The molecule has 1 saturated heterocycles. The highest BCUT2D eigenvalue weighted by Crippen LogP contribution is 2.33. The first-order valence-corrected chi connectivity index (χ1v) is 10.3. The summed E-state index contributed by atoms with van der Waals surface area (Å²) in [5, 5.41) is 4.40. The Morgan fingerprint density at radius 1 is 1.03 bits per heavy atom. The van der Waals surface area contributed by atoms with Gasteiger partial charge >= 0.3 is 15.5 Å². The van der Waals surface area contributed by atoms with E-state index in [-0.39, 0.29) is 37.7 Å². The first kappa shape index (κ1) is 19.8. The van der Waals surface area contributed by atoms with E-state index in [0.29, 0.717) is 21.3 Å². The molecule has 1 aliphatic heterocycles. The van der Waals surface area contributed by atoms with Crippen LogP contribution >= 0.6 is 0 Å². The minimum absolute atomic E-state index is 0.197. The predicted octanol–water partition coefficient (Wildman–Crippen LogP) is 3.56. The molecule has 1 aromatic carbocycles. The molecule has 0 unspecified atom stereocenters. The number of alkyl halides is 3. The van der Waals surface area contributed by atoms with Gasteiger partial charge in [-0.05, 0) is 42.7 Å². The Bertz CT molecular complexity index is 1150. The van der Waals surface area contributed by atoms with Gasteiger partial charge in [-0.1, -0.05) is 12.1 Å². The highest BCUT2D eigenvalue weighted by atomic mass is 32.2. The fraction of sp³-hybridized carbons (Fsp3) is 0.333. The molecular formula is C18H16F4N4O2S. The lowest BCUT2D eigenvalue weighted by Crippen LogP contribution is -2.44. The molecule has 29 heavy (non-hydrogen) atoms. The largest absolute Gasteiger partial charge is 0.511 e. The summed E-state index contributed by atoms with van der Waals surface area (Å²) in [6.45, 7) is -0.479. The number of pyridine rings is 1. The molecular weight excluding hydrogens is 412 g/mol. The van der Waals surface area contributed by atoms with E-state index in [1.807, 2.05) is 0 Å². The van der Waals surface area contributed by atoms with Crippen molar-refractivity contribution in [2.24, 2.45) is 0 Å². The van der Waals surface area contributed by atoms with Gasteiger partial charge in [0.05, 0.1) is 0 Å². The van der Waals surface area contributed by atoms with Gasteiger partial charge in [0.25, 0.3) is 0 Å². The molecule has 0 spiro atoms. The van der Waals surface area contributed by atoms with Gasteiger partial charge in [0.2, 0.25) is 0 Å². The van der Waals surface area contributed by atoms with Crippen molar-refractivity contribution in [1.82, 2.24) is 18.9 Å². The second kappa shape index (κ2) is 7.06. The van der Waals surface area contributed by atoms with Crippen LogP contribution < -0.4 is 0 Å². The van der Waals surface area contributed by atoms with E-state index in [4.69, 9.17) is 0 Å². The maximum absolute atomic E-state index is 13.5. The lowest BCUT2D eigenvalue weighted by Gasteiger charge is -2.30. The minimum Gasteiger partial charge on any atom is -0.220 e. The molecule has 3 heterocycles. The Balaban J connectivity index is 1.54. The molecule has 0 aliphatic carbocycles. The van der Waals surface area contributed by atoms with Crippen LogP contribution in [0, 0.1) is 5.82 Å². The fourth-order valence-corrected chi connectivity index (χ4v) is 4.40. The van der Waals surface area contributed by atoms with Gasteiger partial charge in [0.15, 0.2) is 11.5 Å². The van der Waals surface area contributed by atoms with Crippen molar-refractivity contribution in [3.8, 4) is 11.1 Å². The summed E-state index contributed by atoms with van der Waals surface area (Å²) in [6, 6.07) is 9.61. The summed E-state index contributed by atoms with van der Waals surface area (Å²) in [7, 11) is -5.31. The summed E-state index contributed by atoms with van der Waals surface area (Å²) in [6.07, 6.45) is 2.09. The van der Waals surface area contributed by atoms with E-state index in [0.717, 1.165) is 5.56 Å². The van der Waals surface area contributed by atoms with Crippen LogP contribution in [0.25, 0.3) is 16.8 Å². The van der Waals surface area contributed by atoms with Crippen LogP contribution in [0.5, 0.6) is 0 Å². The molecule has 6 nitrogen and oxygen atoms in total. The van der Waals surface area contributed by atoms with E-state index in [1.165, 1.54) is 16.6 Å². The van der Waals surface area contributed by atoms with Crippen molar-refractivity contribution in [1.29, 1.82) is 0 Å². The molecule has 3 aromatic rings. The maximum atomic E-state index is 13.5. The molecule has 11 heteroatoms. The van der Waals surface area contributed by atoms with Crippen LogP contribution in [-0.2, 0) is 10.0 Å². The number of hydrogen-bond acceptors (Lipinski definition) is 4. The smallest absolute Gasteiger partial charge is 0.220 e. The average Bonchev–Trinajstić information content (AvgIpc) is 3.10. The lowest BCUT2D eigenvalue weighted by atomic mass is 9.98. The number of piperidine rings is 1. The zero-order valence-corrected chi connectivity index (χ0v) is 15.8. The average molecular weight is 428 g/mol. The Morgan fingerprint density at radius 2 is 1.76 bits per heavy atom. The highest BCUT2D eigenvalue weighted by Gasteiger charge is 2.50. The van der Waals surface area contributed by atoms with Crippen LogP contribution in [0.3, 0.4) is 0 Å². The van der Waals surface area contributed by atoms with Gasteiger partial charge < -0.3 is 0 Å². The molecule has 0 saturated carbocycles. The molecule has 0 radical (unpaired) electrons. The zero-order valence-electron chi connectivity index (χ0n) is 15.0. The Kier molecular flexibility index (Phi) is 4.82. The SMILES string of the molecule is O=S(=O)(N1CCC(c2nc3ccc(-c4cccc(F)c4)cn3n2)CC1)C(F)(F)F. The quantitative estimate of drug-likeness (QED) is 0.599. The van der Waals surface area contributed by atoms with Crippen molar-refractivity contribution >= 4 is 15.7 Å². The maximum Gasteiger partial charge on any atom is 0.511 e. The van der Waals surface area contributed by atoms with Crippen molar-refractivity contribution in [3.05, 3.63) is 54.2 Å². The normalized spacial score (nSPS) is 17.1. The number of hydrogen-bond donors (Lipinski definition) is 0. The predicted molar refractivity (Wildman–Crippen MR) is 96.9 cm³/mol. The molecule has 2 aromatic heterocycles. The topological polar surface area (TPSA) is 67.6 Å². The summed E-state index contributed by atoms with van der Waals surface area (Å²) in [5.74, 6) is -0.153. The number of rotatable bonds is 3. The Labute approximate surface area is 163 Å². The summed E-state index contributed by atoms with van der Waals surface area (Å²) >= 11 is 0. The standard InChI is InChI=1S/C18H16F4N4O2S/c19-15-3-1-2-13(10-15)14-4-5-16-23-17(24-26(16)11-14)12-6-8-25(9-7-12)29(27,28)18(20,21)22/h1-5,10-12H,6-9H2. The lowest BCUT2D eigenvalue weighted by molar-refractivity contribution is -0.0494. The second-order valence-electron chi connectivity index (χ2n) is 6.82. The van der Waals surface area contributed by atoms with Crippen LogP contribution in [0.4, 0.5) is 17.6 Å². The van der Waals surface area contributed by atoms with Gasteiger partial charge in [-0.25, -0.2) is 22.3 Å². The van der Waals surface area contributed by atoms with Crippen molar-refractivity contribution < 1.29 is 26.0 Å². The first-order chi connectivity index (χ1) is 13.6. The highest BCUT2D eigenvalue weighted by molar-refractivity contribution is 7.90. The number of nitrogens with zero attached hydrogens (tertiary/aromatic N) is 4. The van der Waals surface area contributed by atoms with Crippen molar-refractivity contribution in [3.63, 3.8) is 0 Å². The summed E-state index contributed by atoms with van der Waals surface area (Å²) in [4.78, 5) is 4.41. The van der Waals surface area contributed by atoms with Gasteiger partial charge in [-0.3, -0.25) is 0 Å². The summed E-state index contributed by atoms with van der Waals surface area (Å²) in [5.41, 5.74) is -3.34. The Hall–Kier alpha value is -2.53.